The van der Waals surface area contributed by atoms with Crippen molar-refractivity contribution in [3.8, 4) is 34.5 Å². The summed E-state index contributed by atoms with van der Waals surface area (Å²) in [7, 11) is 1.98. The Morgan fingerprint density at radius 2 is 1.76 bits per heavy atom. The zero-order chi connectivity index (χ0) is 28.3. The van der Waals surface area contributed by atoms with E-state index in [-0.39, 0.29) is 11.8 Å². The normalized spacial score (nSPS) is 17.8. The van der Waals surface area contributed by atoms with Crippen LogP contribution in [0.3, 0.4) is 0 Å². The standard InChI is InChI=1S/C33H34N6O2/c1-3-29(40)38-19-16-25(17-20-38)39-18-15-23(21-39)9-14-28-30(31-32(34)35-22-36-33(31)37(28)2)24-10-12-27(13-11-24)41-26-7-5-4-6-8-26/h3-8,10-13,22-23,25H,1,15-21H2,2H3,(H2,34,35,36). The molecule has 1 unspecified atom stereocenters. The largest absolute Gasteiger partial charge is 0.457 e. The number of hydrogen-bond acceptors (Lipinski definition) is 6. The van der Waals surface area contributed by atoms with Gasteiger partial charge in [0.15, 0.2) is 0 Å². The Labute approximate surface area is 240 Å². The van der Waals surface area contributed by atoms with E-state index < -0.39 is 0 Å². The Kier molecular flexibility index (Phi) is 7.45. The average molecular weight is 547 g/mol. The monoisotopic (exact) mass is 546 g/mol. The van der Waals surface area contributed by atoms with E-state index in [9.17, 15) is 4.79 Å². The van der Waals surface area contributed by atoms with Crippen molar-refractivity contribution in [2.24, 2.45) is 13.0 Å². The van der Waals surface area contributed by atoms with Gasteiger partial charge in [0.25, 0.3) is 0 Å². The molecular formula is C33H34N6O2. The molecule has 4 aromatic rings. The maximum Gasteiger partial charge on any atom is 0.245 e. The number of hydrogen-bond donors (Lipinski definition) is 1. The molecule has 8 heteroatoms. The highest BCUT2D eigenvalue weighted by atomic mass is 16.5. The third-order valence-corrected chi connectivity index (χ3v) is 8.20. The van der Waals surface area contributed by atoms with Crippen molar-refractivity contribution in [2.75, 3.05) is 31.9 Å². The first kappa shape index (κ1) is 26.6. The molecule has 0 aliphatic carbocycles. The van der Waals surface area contributed by atoms with Gasteiger partial charge < -0.3 is 19.9 Å². The second-order valence-corrected chi connectivity index (χ2v) is 10.7. The van der Waals surface area contributed by atoms with Gasteiger partial charge in [-0.3, -0.25) is 9.69 Å². The van der Waals surface area contributed by atoms with Crippen LogP contribution in [-0.4, -0.2) is 62.5 Å². The topological polar surface area (TPSA) is 89.5 Å². The van der Waals surface area contributed by atoms with Crippen LogP contribution in [0.1, 0.15) is 25.0 Å². The molecular weight excluding hydrogens is 512 g/mol. The summed E-state index contributed by atoms with van der Waals surface area (Å²) in [5.74, 6) is 9.37. The lowest BCUT2D eigenvalue weighted by Crippen LogP contribution is -2.45. The van der Waals surface area contributed by atoms with Crippen molar-refractivity contribution in [1.29, 1.82) is 0 Å². The first-order valence-electron chi connectivity index (χ1n) is 14.1. The summed E-state index contributed by atoms with van der Waals surface area (Å²) in [4.78, 5) is 25.2. The Balaban J connectivity index is 1.24. The number of benzene rings is 2. The summed E-state index contributed by atoms with van der Waals surface area (Å²) in [5.41, 5.74) is 9.94. The molecule has 0 saturated carbocycles. The lowest BCUT2D eigenvalue weighted by atomic mass is 10.0. The molecule has 1 amide bonds. The number of piperidine rings is 1. The van der Waals surface area contributed by atoms with Crippen molar-refractivity contribution in [2.45, 2.75) is 25.3 Å². The van der Waals surface area contributed by atoms with Crippen molar-refractivity contribution >= 4 is 22.8 Å². The third kappa shape index (κ3) is 5.41. The van der Waals surface area contributed by atoms with Gasteiger partial charge in [-0.15, -0.1) is 0 Å². The molecule has 208 valence electrons. The van der Waals surface area contributed by atoms with E-state index in [2.05, 4.69) is 33.3 Å². The van der Waals surface area contributed by atoms with E-state index in [4.69, 9.17) is 10.5 Å². The Morgan fingerprint density at radius 3 is 2.49 bits per heavy atom. The number of anilines is 1. The number of amides is 1. The van der Waals surface area contributed by atoms with Crippen LogP contribution >= 0.6 is 0 Å². The van der Waals surface area contributed by atoms with Gasteiger partial charge in [0.2, 0.25) is 5.91 Å². The number of ether oxygens (including phenoxy) is 1. The zero-order valence-corrected chi connectivity index (χ0v) is 23.3. The molecule has 2 fully saturated rings. The first-order valence-corrected chi connectivity index (χ1v) is 14.1. The first-order chi connectivity index (χ1) is 20.0. The lowest BCUT2D eigenvalue weighted by molar-refractivity contribution is -0.127. The number of para-hydroxylation sites is 1. The minimum atomic E-state index is 0.0306. The summed E-state index contributed by atoms with van der Waals surface area (Å²) in [6, 6.07) is 18.2. The maximum absolute atomic E-state index is 12.0. The fourth-order valence-electron chi connectivity index (χ4n) is 6.00. The third-order valence-electron chi connectivity index (χ3n) is 8.20. The van der Waals surface area contributed by atoms with Crippen LogP contribution in [0.4, 0.5) is 5.82 Å². The number of nitrogens with zero attached hydrogens (tertiary/aromatic N) is 5. The van der Waals surface area contributed by atoms with Gasteiger partial charge in [-0.25, -0.2) is 9.97 Å². The number of rotatable bonds is 5. The summed E-state index contributed by atoms with van der Waals surface area (Å²) in [6.07, 6.45) is 5.93. The molecule has 41 heavy (non-hydrogen) atoms. The smallest absolute Gasteiger partial charge is 0.245 e. The minimum absolute atomic E-state index is 0.0306. The van der Waals surface area contributed by atoms with E-state index in [1.165, 1.54) is 12.4 Å². The molecule has 8 nitrogen and oxygen atoms in total. The summed E-state index contributed by atoms with van der Waals surface area (Å²) >= 11 is 0. The summed E-state index contributed by atoms with van der Waals surface area (Å²) < 4.78 is 8.02. The van der Waals surface area contributed by atoms with Crippen LogP contribution < -0.4 is 10.5 Å². The molecule has 6 rings (SSSR count). The molecule has 1 atom stereocenters. The molecule has 2 saturated heterocycles. The molecule has 0 radical (unpaired) electrons. The Hall–Kier alpha value is -4.61. The predicted octanol–water partition coefficient (Wildman–Crippen LogP) is 4.86. The summed E-state index contributed by atoms with van der Waals surface area (Å²) in [5, 5.41) is 0.810. The van der Waals surface area contributed by atoms with Crippen LogP contribution in [0.15, 0.2) is 73.6 Å². The predicted molar refractivity (Wildman–Crippen MR) is 161 cm³/mol. The van der Waals surface area contributed by atoms with Crippen LogP contribution in [-0.2, 0) is 11.8 Å². The number of fused-ring (bicyclic) bond motifs is 1. The number of aryl methyl sites for hydroxylation is 1. The van der Waals surface area contributed by atoms with Crippen LogP contribution in [0.5, 0.6) is 11.5 Å². The zero-order valence-electron chi connectivity index (χ0n) is 23.3. The molecule has 0 bridgehead atoms. The number of carbonyl (C=O) groups excluding carboxylic acids is 1. The van der Waals surface area contributed by atoms with Gasteiger partial charge in [-0.1, -0.05) is 42.8 Å². The number of nitrogens with two attached hydrogens (primary N) is 1. The molecule has 2 aromatic carbocycles. The minimum Gasteiger partial charge on any atom is -0.457 e. The number of nitrogen functional groups attached to an aromatic ring is 1. The highest BCUT2D eigenvalue weighted by Gasteiger charge is 2.31. The molecule has 2 aliphatic rings. The highest BCUT2D eigenvalue weighted by molar-refractivity contribution is 6.03. The van der Waals surface area contributed by atoms with Crippen LogP contribution in [0.2, 0.25) is 0 Å². The van der Waals surface area contributed by atoms with E-state index in [1.807, 2.05) is 71.1 Å². The van der Waals surface area contributed by atoms with E-state index in [0.29, 0.717) is 11.9 Å². The van der Waals surface area contributed by atoms with Crippen molar-refractivity contribution in [3.63, 3.8) is 0 Å². The molecule has 2 N–H and O–H groups in total. The van der Waals surface area contributed by atoms with Crippen molar-refractivity contribution < 1.29 is 9.53 Å². The van der Waals surface area contributed by atoms with Crippen molar-refractivity contribution in [3.05, 3.63) is 79.3 Å². The van der Waals surface area contributed by atoms with Gasteiger partial charge in [-0.05, 0) is 67.6 Å². The molecule has 2 aliphatic heterocycles. The average Bonchev–Trinajstić information content (AvgIpc) is 3.60. The fraction of sp³-hybridized carbons (Fsp3) is 0.303. The lowest BCUT2D eigenvalue weighted by Gasteiger charge is -2.36. The van der Waals surface area contributed by atoms with Gasteiger partial charge >= 0.3 is 0 Å². The van der Waals surface area contributed by atoms with Gasteiger partial charge in [-0.2, -0.15) is 0 Å². The number of aromatic nitrogens is 3. The Morgan fingerprint density at radius 1 is 1.02 bits per heavy atom. The van der Waals surface area contributed by atoms with E-state index in [1.54, 1.807) is 0 Å². The maximum atomic E-state index is 12.0. The summed E-state index contributed by atoms with van der Waals surface area (Å²) in [6.45, 7) is 7.18. The van der Waals surface area contributed by atoms with Gasteiger partial charge in [0, 0.05) is 44.2 Å². The highest BCUT2D eigenvalue weighted by Crippen LogP contribution is 2.37. The van der Waals surface area contributed by atoms with Gasteiger partial charge in [0.1, 0.15) is 35.0 Å². The molecule has 2 aromatic heterocycles. The van der Waals surface area contributed by atoms with Crippen molar-refractivity contribution in [1.82, 2.24) is 24.3 Å². The number of carbonyl (C=O) groups is 1. The SMILES string of the molecule is C=CC(=O)N1CCC(N2CCC(C#Cc3c(-c4ccc(Oc5ccccc5)cc4)c4c(N)ncnc4n3C)C2)CC1. The van der Waals surface area contributed by atoms with E-state index >= 15 is 0 Å². The second-order valence-electron chi connectivity index (χ2n) is 10.7. The Bertz CT molecular complexity index is 1630. The van der Waals surface area contributed by atoms with Gasteiger partial charge in [0.05, 0.1) is 5.39 Å². The van der Waals surface area contributed by atoms with Crippen LogP contribution in [0.25, 0.3) is 22.2 Å². The van der Waals surface area contributed by atoms with E-state index in [0.717, 1.165) is 84.8 Å². The molecule has 0 spiro atoms. The quantitative estimate of drug-likeness (QED) is 0.284. The van der Waals surface area contributed by atoms with Crippen LogP contribution in [0, 0.1) is 17.8 Å². The second kappa shape index (κ2) is 11.5. The number of likely N-dealkylation sites (tertiary alicyclic amines) is 2. The fourth-order valence-corrected chi connectivity index (χ4v) is 6.00. The molecule has 4 heterocycles.